The highest BCUT2D eigenvalue weighted by molar-refractivity contribution is 7.09. The van der Waals surface area contributed by atoms with E-state index in [0.29, 0.717) is 25.8 Å². The van der Waals surface area contributed by atoms with Gasteiger partial charge in [0, 0.05) is 41.4 Å². The second-order valence-corrected chi connectivity index (χ2v) is 9.86. The maximum absolute atomic E-state index is 14.4. The molecular formula is C23H31F2N3O2S. The summed E-state index contributed by atoms with van der Waals surface area (Å²) in [4.78, 5) is 19.7. The molecule has 5 nitrogen and oxygen atoms in total. The lowest BCUT2D eigenvalue weighted by Gasteiger charge is -2.31. The van der Waals surface area contributed by atoms with Gasteiger partial charge in [0.25, 0.3) is 5.92 Å². The maximum Gasteiger partial charge on any atom is 0.251 e. The van der Waals surface area contributed by atoms with E-state index in [1.54, 1.807) is 23.8 Å². The van der Waals surface area contributed by atoms with Crippen LogP contribution in [-0.2, 0) is 11.2 Å². The Kier molecular flexibility index (Phi) is 7.01. The zero-order chi connectivity index (χ0) is 22.8. The number of aryl methyl sites for hydroxylation is 1. The molecule has 1 aliphatic carbocycles. The van der Waals surface area contributed by atoms with Crippen LogP contribution in [0.5, 0.6) is 5.75 Å². The second kappa shape index (κ2) is 9.20. The monoisotopic (exact) mass is 451 g/mol. The predicted molar refractivity (Wildman–Crippen MR) is 119 cm³/mol. The summed E-state index contributed by atoms with van der Waals surface area (Å²) >= 11 is 1.34. The number of rotatable bonds is 10. The lowest BCUT2D eigenvalue weighted by molar-refractivity contribution is -0.123. The summed E-state index contributed by atoms with van der Waals surface area (Å²) in [5.74, 6) is -3.36. The molecule has 0 spiro atoms. The summed E-state index contributed by atoms with van der Waals surface area (Å²) in [6.45, 7) is 3.32. The Morgan fingerprint density at radius 2 is 2.10 bits per heavy atom. The number of hydrogen-bond acceptors (Lipinski definition) is 5. The average Bonchev–Trinajstić information content (AvgIpc) is 3.32. The van der Waals surface area contributed by atoms with Crippen molar-refractivity contribution in [3.63, 3.8) is 0 Å². The third-order valence-electron chi connectivity index (χ3n) is 6.56. The molecule has 170 valence electrons. The van der Waals surface area contributed by atoms with E-state index in [2.05, 4.69) is 10.3 Å². The maximum atomic E-state index is 14.4. The predicted octanol–water partition coefficient (Wildman–Crippen LogP) is 4.36. The largest absolute Gasteiger partial charge is 0.508 e. The number of nitrogens with one attached hydrogen (secondary N) is 1. The van der Waals surface area contributed by atoms with Gasteiger partial charge in [-0.2, -0.15) is 0 Å². The van der Waals surface area contributed by atoms with Crippen LogP contribution in [0, 0.1) is 12.3 Å². The molecule has 8 heteroatoms. The van der Waals surface area contributed by atoms with E-state index in [0.717, 1.165) is 22.9 Å². The third-order valence-corrected chi connectivity index (χ3v) is 7.45. The average molecular weight is 452 g/mol. The van der Waals surface area contributed by atoms with Gasteiger partial charge in [0.2, 0.25) is 5.91 Å². The number of nitrogens with zero attached hydrogens (tertiary/aromatic N) is 2. The first-order valence-electron chi connectivity index (χ1n) is 10.5. The smallest absolute Gasteiger partial charge is 0.251 e. The van der Waals surface area contributed by atoms with Gasteiger partial charge in [-0.15, -0.1) is 11.3 Å². The fraction of sp³-hybridized carbons (Fsp3) is 0.565. The van der Waals surface area contributed by atoms with Crippen LogP contribution in [0.4, 0.5) is 8.78 Å². The van der Waals surface area contributed by atoms with Crippen molar-refractivity contribution in [2.75, 3.05) is 20.6 Å². The summed E-state index contributed by atoms with van der Waals surface area (Å²) in [6, 6.07) is 5.31. The Bertz CT molecular complexity index is 893. The first-order chi connectivity index (χ1) is 14.5. The molecule has 1 fully saturated rings. The van der Waals surface area contributed by atoms with Crippen LogP contribution < -0.4 is 5.32 Å². The van der Waals surface area contributed by atoms with Crippen LogP contribution in [0.3, 0.4) is 0 Å². The van der Waals surface area contributed by atoms with Gasteiger partial charge in [0.05, 0.1) is 5.51 Å². The molecule has 0 radical (unpaired) electrons. The number of alkyl halides is 2. The molecule has 2 aromatic rings. The number of thiazole rings is 1. The van der Waals surface area contributed by atoms with E-state index in [4.69, 9.17) is 0 Å². The lowest BCUT2D eigenvalue weighted by Crippen LogP contribution is -2.43. The van der Waals surface area contributed by atoms with Crippen molar-refractivity contribution in [2.24, 2.45) is 5.41 Å². The molecule has 1 saturated carbocycles. The Morgan fingerprint density at radius 3 is 2.61 bits per heavy atom. The van der Waals surface area contributed by atoms with Crippen molar-refractivity contribution in [1.29, 1.82) is 0 Å². The number of likely N-dealkylation sites (N-methyl/N-ethyl adjacent to an activating group) is 1. The summed E-state index contributed by atoms with van der Waals surface area (Å²) in [6.07, 6.45) is 3.20. The van der Waals surface area contributed by atoms with Gasteiger partial charge in [-0.25, -0.2) is 8.78 Å². The molecule has 1 amide bonds. The third kappa shape index (κ3) is 5.41. The number of benzene rings is 1. The van der Waals surface area contributed by atoms with Crippen LogP contribution in [0.25, 0.3) is 0 Å². The highest BCUT2D eigenvalue weighted by atomic mass is 32.1. The number of hydrogen-bond donors (Lipinski definition) is 2. The topological polar surface area (TPSA) is 65.5 Å². The minimum absolute atomic E-state index is 0.0318. The second-order valence-electron chi connectivity index (χ2n) is 8.94. The fourth-order valence-corrected chi connectivity index (χ4v) is 5.12. The summed E-state index contributed by atoms with van der Waals surface area (Å²) in [5, 5.41) is 12.6. The van der Waals surface area contributed by atoms with Crippen molar-refractivity contribution in [3.05, 3.63) is 45.9 Å². The Balaban J connectivity index is 1.66. The van der Waals surface area contributed by atoms with Gasteiger partial charge in [0.1, 0.15) is 5.75 Å². The summed E-state index contributed by atoms with van der Waals surface area (Å²) < 4.78 is 28.8. The number of aromatic hydroxyl groups is 1. The normalized spacial score (nSPS) is 17.4. The molecule has 1 heterocycles. The van der Waals surface area contributed by atoms with Crippen molar-refractivity contribution >= 4 is 17.2 Å². The van der Waals surface area contributed by atoms with Crippen LogP contribution in [0.2, 0.25) is 0 Å². The number of amides is 1. The Morgan fingerprint density at radius 1 is 1.39 bits per heavy atom. The van der Waals surface area contributed by atoms with Crippen LogP contribution in [0.15, 0.2) is 29.9 Å². The van der Waals surface area contributed by atoms with E-state index in [1.807, 2.05) is 32.0 Å². The van der Waals surface area contributed by atoms with Crippen LogP contribution in [0.1, 0.15) is 48.1 Å². The van der Waals surface area contributed by atoms with Gasteiger partial charge in [-0.05, 0) is 70.5 Å². The molecule has 0 unspecified atom stereocenters. The number of phenolic OH excluding ortho intramolecular Hbond substituents is 1. The van der Waals surface area contributed by atoms with E-state index < -0.39 is 17.3 Å². The molecule has 2 N–H and O–H groups in total. The SMILES string of the molecule is Cc1cc(O)ccc1C[C@@H](CNC(=O)C[C@H](c1cncs1)C1(C(C)(F)F)CC1)N(C)C. The Hall–Kier alpha value is -2.06. The minimum Gasteiger partial charge on any atom is -0.508 e. The zero-order valence-electron chi connectivity index (χ0n) is 18.5. The first-order valence-corrected chi connectivity index (χ1v) is 11.4. The molecule has 1 aromatic heterocycles. The van der Waals surface area contributed by atoms with Crippen LogP contribution >= 0.6 is 11.3 Å². The van der Waals surface area contributed by atoms with Gasteiger partial charge in [-0.1, -0.05) is 6.07 Å². The number of halogens is 2. The molecule has 2 atom stereocenters. The summed E-state index contributed by atoms with van der Waals surface area (Å²) in [7, 11) is 3.90. The minimum atomic E-state index is -2.84. The Labute approximate surface area is 186 Å². The van der Waals surface area contributed by atoms with Gasteiger partial charge < -0.3 is 15.3 Å². The number of phenols is 1. The van der Waals surface area contributed by atoms with Crippen LogP contribution in [-0.4, -0.2) is 53.5 Å². The quantitative estimate of drug-likeness (QED) is 0.564. The molecular weight excluding hydrogens is 420 g/mol. The zero-order valence-corrected chi connectivity index (χ0v) is 19.3. The van der Waals surface area contributed by atoms with E-state index >= 15 is 0 Å². The molecule has 0 bridgehead atoms. The first kappa shape index (κ1) is 23.6. The molecule has 1 aliphatic rings. The van der Waals surface area contributed by atoms with Crippen molar-refractivity contribution in [3.8, 4) is 5.75 Å². The van der Waals surface area contributed by atoms with Crippen molar-refractivity contribution in [1.82, 2.24) is 15.2 Å². The van der Waals surface area contributed by atoms with E-state index in [-0.39, 0.29) is 24.1 Å². The number of carbonyl (C=O) groups excluding carboxylic acids is 1. The molecule has 1 aromatic carbocycles. The van der Waals surface area contributed by atoms with Gasteiger partial charge in [0.15, 0.2) is 0 Å². The van der Waals surface area contributed by atoms with Gasteiger partial charge in [-0.3, -0.25) is 9.78 Å². The van der Waals surface area contributed by atoms with E-state index in [1.165, 1.54) is 11.3 Å². The van der Waals surface area contributed by atoms with Gasteiger partial charge >= 0.3 is 0 Å². The van der Waals surface area contributed by atoms with E-state index in [9.17, 15) is 18.7 Å². The summed E-state index contributed by atoms with van der Waals surface area (Å²) in [5.41, 5.74) is 2.56. The molecule has 0 saturated heterocycles. The number of carbonyl (C=O) groups is 1. The highest BCUT2D eigenvalue weighted by Crippen LogP contribution is 2.65. The highest BCUT2D eigenvalue weighted by Gasteiger charge is 2.64. The lowest BCUT2D eigenvalue weighted by atomic mass is 9.80. The molecule has 0 aliphatic heterocycles. The molecule has 3 rings (SSSR count). The molecule has 31 heavy (non-hydrogen) atoms. The van der Waals surface area contributed by atoms with Crippen molar-refractivity contribution in [2.45, 2.75) is 57.4 Å². The number of aromatic nitrogens is 1. The standard InChI is InChI=1S/C23H31F2N3O2S/c1-15-9-18(29)6-5-16(15)10-17(28(3)4)12-27-21(30)11-19(20-13-26-14-31-20)23(7-8-23)22(2,24)25/h5-6,9,13-14,17,19,29H,7-8,10-12H2,1-4H3,(H,27,30)/t17-,19+/m0/s1. The van der Waals surface area contributed by atoms with Crippen molar-refractivity contribution < 1.29 is 18.7 Å². The fourth-order valence-electron chi connectivity index (χ4n) is 4.28.